The molecule has 1 saturated heterocycles. The molecule has 0 radical (unpaired) electrons. The van der Waals surface area contributed by atoms with Crippen molar-refractivity contribution >= 4 is 46.4 Å². The maximum atomic E-state index is 13.2. The average Bonchev–Trinajstić information content (AvgIpc) is 3.31. The highest BCUT2D eigenvalue weighted by atomic mass is 35.5. The van der Waals surface area contributed by atoms with Crippen molar-refractivity contribution in [3.05, 3.63) is 99.3 Å². The van der Waals surface area contributed by atoms with E-state index in [9.17, 15) is 9.90 Å². The lowest BCUT2D eigenvalue weighted by Gasteiger charge is -2.37. The zero-order chi connectivity index (χ0) is 28.2. The molecular formula is C30H30Cl3N5O2. The number of carbonyl (C=O) groups is 1. The summed E-state index contributed by atoms with van der Waals surface area (Å²) in [5.74, 6) is 0.325. The molecule has 0 bridgehead atoms. The second-order valence-corrected chi connectivity index (χ2v) is 11.0. The van der Waals surface area contributed by atoms with E-state index in [4.69, 9.17) is 39.8 Å². The van der Waals surface area contributed by atoms with Gasteiger partial charge in [-0.25, -0.2) is 4.98 Å². The van der Waals surface area contributed by atoms with Gasteiger partial charge in [-0.2, -0.15) is 0 Å². The summed E-state index contributed by atoms with van der Waals surface area (Å²) in [7, 11) is 0. The molecule has 0 spiro atoms. The van der Waals surface area contributed by atoms with Gasteiger partial charge in [-0.3, -0.25) is 14.3 Å². The average molecular weight is 599 g/mol. The van der Waals surface area contributed by atoms with Crippen LogP contribution in [0.4, 0.5) is 5.69 Å². The van der Waals surface area contributed by atoms with Crippen molar-refractivity contribution < 1.29 is 9.90 Å². The van der Waals surface area contributed by atoms with Crippen LogP contribution in [0, 0.1) is 6.92 Å². The van der Waals surface area contributed by atoms with Crippen LogP contribution in [0.25, 0.3) is 17.1 Å². The summed E-state index contributed by atoms with van der Waals surface area (Å²) in [4.78, 5) is 22.3. The van der Waals surface area contributed by atoms with Gasteiger partial charge >= 0.3 is 0 Å². The minimum atomic E-state index is -0.725. The van der Waals surface area contributed by atoms with E-state index in [1.165, 1.54) is 0 Å². The lowest BCUT2D eigenvalue weighted by molar-refractivity contribution is 0.0847. The third-order valence-electron chi connectivity index (χ3n) is 7.05. The summed E-state index contributed by atoms with van der Waals surface area (Å²) in [5, 5.41) is 15.3. The van der Waals surface area contributed by atoms with Gasteiger partial charge in [0.2, 0.25) is 0 Å². The molecule has 1 unspecified atom stereocenters. The van der Waals surface area contributed by atoms with Crippen LogP contribution in [0.15, 0.2) is 72.8 Å². The largest absolute Gasteiger partial charge is 0.390 e. The first-order valence-electron chi connectivity index (χ1n) is 13.1. The van der Waals surface area contributed by atoms with Crippen LogP contribution in [-0.4, -0.2) is 70.8 Å². The molecule has 208 valence electrons. The smallest absolute Gasteiger partial charge is 0.271 e. The zero-order valence-corrected chi connectivity index (χ0v) is 24.3. The van der Waals surface area contributed by atoms with Crippen LogP contribution in [-0.2, 0) is 0 Å². The van der Waals surface area contributed by atoms with Gasteiger partial charge in [-0.05, 0) is 43.3 Å². The van der Waals surface area contributed by atoms with Crippen LogP contribution >= 0.6 is 34.8 Å². The van der Waals surface area contributed by atoms with Crippen molar-refractivity contribution in [2.24, 2.45) is 0 Å². The number of halogens is 3. The molecule has 2 heterocycles. The SMILES string of the molecule is Cc1c(C(=O)NCC(O)CN2CCN(c3cccc(Cl)c3Cl)CC2)nc(-c2ccccc2)n1-c1ccc(Cl)cc1. The number of nitrogens with one attached hydrogen (secondary N) is 1. The summed E-state index contributed by atoms with van der Waals surface area (Å²) >= 11 is 18.7. The zero-order valence-electron chi connectivity index (χ0n) is 22.0. The molecule has 40 heavy (non-hydrogen) atoms. The minimum Gasteiger partial charge on any atom is -0.390 e. The predicted molar refractivity (Wildman–Crippen MR) is 162 cm³/mol. The summed E-state index contributed by atoms with van der Waals surface area (Å²) in [6.45, 7) is 5.49. The first kappa shape index (κ1) is 28.5. The van der Waals surface area contributed by atoms with Crippen molar-refractivity contribution in [1.29, 1.82) is 0 Å². The third-order valence-corrected chi connectivity index (χ3v) is 8.11. The number of piperazine rings is 1. The van der Waals surface area contributed by atoms with E-state index < -0.39 is 6.10 Å². The Kier molecular flexibility index (Phi) is 8.98. The molecule has 3 aromatic carbocycles. The fraction of sp³-hybridized carbons (Fsp3) is 0.267. The lowest BCUT2D eigenvalue weighted by atomic mass is 10.2. The Balaban J connectivity index is 1.22. The van der Waals surface area contributed by atoms with Crippen molar-refractivity contribution in [2.75, 3.05) is 44.2 Å². The normalized spacial score (nSPS) is 14.8. The number of benzene rings is 3. The predicted octanol–water partition coefficient (Wildman–Crippen LogP) is 5.72. The molecule has 1 aromatic heterocycles. The van der Waals surface area contributed by atoms with Gasteiger partial charge in [0.1, 0.15) is 11.5 Å². The first-order valence-corrected chi connectivity index (χ1v) is 14.2. The molecule has 7 nitrogen and oxygen atoms in total. The molecule has 4 aromatic rings. The number of nitrogens with zero attached hydrogens (tertiary/aromatic N) is 4. The minimum absolute atomic E-state index is 0.118. The highest BCUT2D eigenvalue weighted by Gasteiger charge is 2.24. The number of hydrogen-bond donors (Lipinski definition) is 2. The Hall–Kier alpha value is -3.07. The second kappa shape index (κ2) is 12.6. The number of aromatic nitrogens is 2. The number of imidazole rings is 1. The maximum Gasteiger partial charge on any atom is 0.271 e. The van der Waals surface area contributed by atoms with Gasteiger partial charge in [0, 0.05) is 55.5 Å². The molecule has 0 aliphatic carbocycles. The molecular weight excluding hydrogens is 569 g/mol. The summed E-state index contributed by atoms with van der Waals surface area (Å²) < 4.78 is 1.95. The molecule has 2 N–H and O–H groups in total. The Morgan fingerprint density at radius 1 is 0.950 bits per heavy atom. The van der Waals surface area contributed by atoms with Crippen molar-refractivity contribution in [3.8, 4) is 17.1 Å². The van der Waals surface area contributed by atoms with E-state index in [0.717, 1.165) is 43.1 Å². The highest BCUT2D eigenvalue weighted by molar-refractivity contribution is 6.43. The number of amides is 1. The lowest BCUT2D eigenvalue weighted by Crippen LogP contribution is -2.50. The topological polar surface area (TPSA) is 73.6 Å². The number of anilines is 1. The van der Waals surface area contributed by atoms with Gasteiger partial charge in [0.05, 0.1) is 27.5 Å². The van der Waals surface area contributed by atoms with Gasteiger partial charge in [0.25, 0.3) is 5.91 Å². The number of aliphatic hydroxyl groups is 1. The van der Waals surface area contributed by atoms with E-state index in [2.05, 4.69) is 15.1 Å². The number of rotatable bonds is 8. The van der Waals surface area contributed by atoms with Gasteiger partial charge < -0.3 is 15.3 Å². The first-order chi connectivity index (χ1) is 19.3. The van der Waals surface area contributed by atoms with E-state index in [1.54, 1.807) is 6.07 Å². The van der Waals surface area contributed by atoms with E-state index in [-0.39, 0.29) is 12.5 Å². The molecule has 1 atom stereocenters. The fourth-order valence-corrected chi connectivity index (χ4v) is 5.51. The Morgan fingerprint density at radius 2 is 1.65 bits per heavy atom. The number of aliphatic hydroxyl groups excluding tert-OH is 1. The Bertz CT molecular complexity index is 1470. The van der Waals surface area contributed by atoms with Crippen LogP contribution in [0.2, 0.25) is 15.1 Å². The number of β-amino-alcohol motifs (C(OH)–C–C–N with tert-alkyl or cyclic N) is 1. The fourth-order valence-electron chi connectivity index (χ4n) is 4.97. The molecule has 1 aliphatic heterocycles. The van der Waals surface area contributed by atoms with E-state index in [0.29, 0.717) is 38.8 Å². The van der Waals surface area contributed by atoms with E-state index >= 15 is 0 Å². The number of carbonyl (C=O) groups excluding carboxylic acids is 1. The summed E-state index contributed by atoms with van der Waals surface area (Å²) in [5.41, 5.74) is 3.67. The molecule has 5 rings (SSSR count). The quantitative estimate of drug-likeness (QED) is 0.271. The van der Waals surface area contributed by atoms with Gasteiger partial charge in [-0.15, -0.1) is 0 Å². The molecule has 1 fully saturated rings. The van der Waals surface area contributed by atoms with Crippen molar-refractivity contribution in [1.82, 2.24) is 19.8 Å². The van der Waals surface area contributed by atoms with Crippen LogP contribution < -0.4 is 10.2 Å². The highest BCUT2D eigenvalue weighted by Crippen LogP contribution is 2.33. The van der Waals surface area contributed by atoms with Crippen LogP contribution in [0.3, 0.4) is 0 Å². The van der Waals surface area contributed by atoms with E-state index in [1.807, 2.05) is 78.2 Å². The summed E-state index contributed by atoms with van der Waals surface area (Å²) in [6, 6.07) is 22.8. The number of hydrogen-bond acceptors (Lipinski definition) is 5. The Morgan fingerprint density at radius 3 is 2.35 bits per heavy atom. The van der Waals surface area contributed by atoms with Gasteiger partial charge in [0.15, 0.2) is 0 Å². The molecule has 1 aliphatic rings. The van der Waals surface area contributed by atoms with Crippen molar-refractivity contribution in [3.63, 3.8) is 0 Å². The summed E-state index contributed by atoms with van der Waals surface area (Å²) in [6.07, 6.45) is -0.725. The molecule has 10 heteroatoms. The Labute approximate surface area is 248 Å². The third kappa shape index (κ3) is 6.29. The second-order valence-electron chi connectivity index (χ2n) is 9.77. The monoisotopic (exact) mass is 597 g/mol. The molecule has 1 amide bonds. The van der Waals surface area contributed by atoms with Crippen LogP contribution in [0.5, 0.6) is 0 Å². The van der Waals surface area contributed by atoms with Crippen LogP contribution in [0.1, 0.15) is 16.2 Å². The van der Waals surface area contributed by atoms with Gasteiger partial charge in [-0.1, -0.05) is 71.2 Å². The molecule has 0 saturated carbocycles. The standard InChI is InChI=1S/C30H30Cl3N5O2/c1-20-28(35-29(21-6-3-2-4-7-21)38(20)23-12-10-22(31)11-13-23)30(40)34-18-24(39)19-36-14-16-37(17-15-36)26-9-5-8-25(32)27(26)33/h2-13,24,39H,14-19H2,1H3,(H,34,40). The van der Waals surface area contributed by atoms with Crippen molar-refractivity contribution in [2.45, 2.75) is 13.0 Å². The maximum absolute atomic E-state index is 13.2.